The molecule has 0 aliphatic carbocycles. The van der Waals surface area contributed by atoms with Gasteiger partial charge in [-0.15, -0.1) is 24.0 Å². The van der Waals surface area contributed by atoms with Crippen LogP contribution in [0.3, 0.4) is 0 Å². The van der Waals surface area contributed by atoms with Gasteiger partial charge >= 0.3 is 0 Å². The summed E-state index contributed by atoms with van der Waals surface area (Å²) in [6.07, 6.45) is 0.289. The molecule has 0 saturated heterocycles. The Hall–Kier alpha value is -2.69. The highest BCUT2D eigenvalue weighted by Crippen LogP contribution is 2.06. The molecule has 0 atom stereocenters. The number of aliphatic imine (C=N–C) groups is 1. The van der Waals surface area contributed by atoms with Gasteiger partial charge in [0.1, 0.15) is 5.82 Å². The third-order valence-electron chi connectivity index (χ3n) is 4.09. The summed E-state index contributed by atoms with van der Waals surface area (Å²) in [5.74, 6) is 1.00. The van der Waals surface area contributed by atoms with Gasteiger partial charge in [-0.25, -0.2) is 4.98 Å². The lowest BCUT2D eigenvalue weighted by Gasteiger charge is -2.13. The predicted molar refractivity (Wildman–Crippen MR) is 130 cm³/mol. The number of nitrogens with zero attached hydrogens (tertiary/aromatic N) is 3. The van der Waals surface area contributed by atoms with Crippen molar-refractivity contribution in [1.29, 1.82) is 0 Å². The van der Waals surface area contributed by atoms with Crippen molar-refractivity contribution in [3.63, 3.8) is 0 Å². The van der Waals surface area contributed by atoms with Crippen LogP contribution in [0.4, 0.5) is 5.82 Å². The SMILES string of the molecule is CN=C(NCCC(=O)Nc1cccc(C)n1)NCc1ccc(C(=O)N(C)C)cc1.I. The highest BCUT2D eigenvalue weighted by Gasteiger charge is 2.08. The molecule has 0 fully saturated rings. The van der Waals surface area contributed by atoms with Gasteiger partial charge in [-0.2, -0.15) is 0 Å². The quantitative estimate of drug-likeness (QED) is 0.294. The minimum atomic E-state index is -0.118. The van der Waals surface area contributed by atoms with E-state index in [9.17, 15) is 9.59 Å². The fourth-order valence-corrected chi connectivity index (χ4v) is 2.54. The van der Waals surface area contributed by atoms with Crippen LogP contribution in [0.25, 0.3) is 0 Å². The lowest BCUT2D eigenvalue weighted by Crippen LogP contribution is -2.38. The molecule has 0 aliphatic heterocycles. The number of halogens is 1. The van der Waals surface area contributed by atoms with E-state index >= 15 is 0 Å². The van der Waals surface area contributed by atoms with Crippen LogP contribution in [0.2, 0.25) is 0 Å². The number of anilines is 1. The number of carbonyl (C=O) groups excluding carboxylic acids is 2. The van der Waals surface area contributed by atoms with Gasteiger partial charge < -0.3 is 20.9 Å². The second-order valence-electron chi connectivity index (χ2n) is 6.71. The second-order valence-corrected chi connectivity index (χ2v) is 6.71. The third-order valence-corrected chi connectivity index (χ3v) is 4.09. The Kier molecular flexibility index (Phi) is 10.8. The summed E-state index contributed by atoms with van der Waals surface area (Å²) in [5, 5.41) is 9.07. The number of guanidine groups is 1. The van der Waals surface area contributed by atoms with Crippen LogP contribution in [0.15, 0.2) is 47.5 Å². The summed E-state index contributed by atoms with van der Waals surface area (Å²) in [4.78, 5) is 33.9. The lowest BCUT2D eigenvalue weighted by molar-refractivity contribution is -0.116. The molecular formula is C21H29IN6O2. The van der Waals surface area contributed by atoms with Gasteiger partial charge in [0.15, 0.2) is 5.96 Å². The second kappa shape index (κ2) is 12.8. The van der Waals surface area contributed by atoms with Crippen LogP contribution in [0.5, 0.6) is 0 Å². The van der Waals surface area contributed by atoms with Crippen molar-refractivity contribution >= 4 is 47.6 Å². The Morgan fingerprint density at radius 2 is 1.77 bits per heavy atom. The van der Waals surface area contributed by atoms with Gasteiger partial charge in [0, 0.05) is 51.9 Å². The van der Waals surface area contributed by atoms with Crippen molar-refractivity contribution in [2.24, 2.45) is 4.99 Å². The van der Waals surface area contributed by atoms with E-state index in [1.165, 1.54) is 0 Å². The first-order chi connectivity index (χ1) is 13.9. The van der Waals surface area contributed by atoms with Crippen LogP contribution < -0.4 is 16.0 Å². The molecule has 1 heterocycles. The fraction of sp³-hybridized carbons (Fsp3) is 0.333. The molecule has 1 aromatic carbocycles. The summed E-state index contributed by atoms with van der Waals surface area (Å²) in [5.41, 5.74) is 2.52. The van der Waals surface area contributed by atoms with Crippen LogP contribution in [-0.2, 0) is 11.3 Å². The largest absolute Gasteiger partial charge is 0.356 e. The molecule has 0 unspecified atom stereocenters. The van der Waals surface area contributed by atoms with E-state index in [0.717, 1.165) is 11.3 Å². The molecule has 162 valence electrons. The monoisotopic (exact) mass is 524 g/mol. The molecule has 0 spiro atoms. The summed E-state index contributed by atoms with van der Waals surface area (Å²) in [6.45, 7) is 2.86. The van der Waals surface area contributed by atoms with E-state index in [0.29, 0.717) is 30.4 Å². The van der Waals surface area contributed by atoms with E-state index in [1.54, 1.807) is 44.2 Å². The summed E-state index contributed by atoms with van der Waals surface area (Å²) >= 11 is 0. The molecule has 2 aromatic rings. The zero-order valence-corrected chi connectivity index (χ0v) is 20.1. The number of aromatic nitrogens is 1. The molecular weight excluding hydrogens is 495 g/mol. The van der Waals surface area contributed by atoms with Gasteiger partial charge in [0.05, 0.1) is 0 Å². The van der Waals surface area contributed by atoms with Crippen LogP contribution in [0, 0.1) is 6.92 Å². The Balaban J connectivity index is 0.00000450. The third kappa shape index (κ3) is 8.36. The first kappa shape index (κ1) is 25.3. The summed E-state index contributed by atoms with van der Waals surface area (Å²) in [6, 6.07) is 12.9. The summed E-state index contributed by atoms with van der Waals surface area (Å²) < 4.78 is 0. The highest BCUT2D eigenvalue weighted by atomic mass is 127. The van der Waals surface area contributed by atoms with Gasteiger partial charge in [-0.3, -0.25) is 14.6 Å². The van der Waals surface area contributed by atoms with Crippen LogP contribution in [0.1, 0.15) is 28.0 Å². The predicted octanol–water partition coefficient (Wildman–Crippen LogP) is 2.40. The van der Waals surface area contributed by atoms with Gasteiger partial charge in [-0.1, -0.05) is 18.2 Å². The van der Waals surface area contributed by atoms with E-state index in [1.807, 2.05) is 31.2 Å². The molecule has 1 aromatic heterocycles. The number of pyridine rings is 1. The van der Waals surface area contributed by atoms with E-state index < -0.39 is 0 Å². The number of hydrogen-bond donors (Lipinski definition) is 3. The molecule has 0 saturated carbocycles. The number of benzene rings is 1. The minimum absolute atomic E-state index is 0. The maximum absolute atomic E-state index is 12.0. The minimum Gasteiger partial charge on any atom is -0.356 e. The van der Waals surface area contributed by atoms with Crippen molar-refractivity contribution in [2.45, 2.75) is 19.9 Å². The maximum Gasteiger partial charge on any atom is 0.253 e. The van der Waals surface area contributed by atoms with Crippen LogP contribution in [-0.4, -0.2) is 55.3 Å². The normalized spacial score (nSPS) is 10.6. The fourth-order valence-electron chi connectivity index (χ4n) is 2.54. The molecule has 30 heavy (non-hydrogen) atoms. The Bertz CT molecular complexity index is 868. The molecule has 9 heteroatoms. The van der Waals surface area contributed by atoms with Crippen molar-refractivity contribution < 1.29 is 9.59 Å². The number of hydrogen-bond acceptors (Lipinski definition) is 4. The average Bonchev–Trinajstić information content (AvgIpc) is 2.70. The molecule has 0 bridgehead atoms. The smallest absolute Gasteiger partial charge is 0.253 e. The zero-order valence-electron chi connectivity index (χ0n) is 17.7. The summed E-state index contributed by atoms with van der Waals surface area (Å²) in [7, 11) is 5.13. The first-order valence-corrected chi connectivity index (χ1v) is 9.37. The molecule has 2 amide bonds. The average molecular weight is 524 g/mol. The molecule has 8 nitrogen and oxygen atoms in total. The molecule has 0 radical (unpaired) electrons. The highest BCUT2D eigenvalue weighted by molar-refractivity contribution is 14.0. The van der Waals surface area contributed by atoms with Crippen molar-refractivity contribution in [3.05, 3.63) is 59.3 Å². The van der Waals surface area contributed by atoms with Crippen LogP contribution >= 0.6 is 24.0 Å². The number of amides is 2. The molecule has 0 aliphatic rings. The number of nitrogens with one attached hydrogen (secondary N) is 3. The van der Waals surface area contributed by atoms with E-state index in [4.69, 9.17) is 0 Å². The van der Waals surface area contributed by atoms with Crippen molar-refractivity contribution in [2.75, 3.05) is 33.0 Å². The topological polar surface area (TPSA) is 98.7 Å². The first-order valence-electron chi connectivity index (χ1n) is 9.37. The Labute approximate surface area is 194 Å². The number of rotatable bonds is 7. The van der Waals surface area contributed by atoms with Crippen molar-refractivity contribution in [1.82, 2.24) is 20.5 Å². The number of aryl methyl sites for hydroxylation is 1. The van der Waals surface area contributed by atoms with E-state index in [-0.39, 0.29) is 42.2 Å². The number of carbonyl (C=O) groups is 2. The van der Waals surface area contributed by atoms with Crippen molar-refractivity contribution in [3.8, 4) is 0 Å². The molecule has 2 rings (SSSR count). The Morgan fingerprint density at radius 1 is 1.07 bits per heavy atom. The van der Waals surface area contributed by atoms with Gasteiger partial charge in [0.25, 0.3) is 5.91 Å². The zero-order chi connectivity index (χ0) is 21.2. The standard InChI is InChI=1S/C21H28N6O2.HI/c1-15-6-5-7-18(25-15)26-19(28)12-13-23-21(22-2)24-14-16-8-10-17(11-9-16)20(29)27(3)4;/h5-11H,12-14H2,1-4H3,(H2,22,23,24)(H,25,26,28);1H. The Morgan fingerprint density at radius 3 is 2.37 bits per heavy atom. The lowest BCUT2D eigenvalue weighted by atomic mass is 10.1. The molecule has 3 N–H and O–H groups in total. The van der Waals surface area contributed by atoms with Gasteiger partial charge in [0.2, 0.25) is 5.91 Å². The van der Waals surface area contributed by atoms with E-state index in [2.05, 4.69) is 25.9 Å². The maximum atomic E-state index is 12.0. The van der Waals surface area contributed by atoms with Gasteiger partial charge in [-0.05, 0) is 36.8 Å².